The molecule has 0 heteroatoms. The summed E-state index contributed by atoms with van der Waals surface area (Å²) >= 11 is 0. The van der Waals surface area contributed by atoms with E-state index in [1.807, 2.05) is 0 Å². The van der Waals surface area contributed by atoms with E-state index in [0.717, 1.165) is 23.7 Å². The fourth-order valence-corrected chi connectivity index (χ4v) is 3.09. The van der Waals surface area contributed by atoms with Crippen molar-refractivity contribution in [3.63, 3.8) is 0 Å². The van der Waals surface area contributed by atoms with Crippen LogP contribution in [0.3, 0.4) is 0 Å². The average Bonchev–Trinajstić information content (AvgIpc) is 2.26. The summed E-state index contributed by atoms with van der Waals surface area (Å²) in [5.41, 5.74) is 0. The van der Waals surface area contributed by atoms with Gasteiger partial charge in [0.2, 0.25) is 0 Å². The Labute approximate surface area is 103 Å². The Morgan fingerprint density at radius 3 is 2.12 bits per heavy atom. The van der Waals surface area contributed by atoms with Gasteiger partial charge in [-0.15, -0.1) is 0 Å². The third-order valence-corrected chi connectivity index (χ3v) is 4.53. The number of rotatable bonds is 6. The first kappa shape index (κ1) is 14.1. The van der Waals surface area contributed by atoms with Crippen molar-refractivity contribution in [1.82, 2.24) is 0 Å². The molecule has 0 aromatic rings. The maximum absolute atomic E-state index is 2.42. The third kappa shape index (κ3) is 5.37. The molecule has 0 N–H and O–H groups in total. The van der Waals surface area contributed by atoms with Gasteiger partial charge in [-0.2, -0.15) is 0 Å². The summed E-state index contributed by atoms with van der Waals surface area (Å²) in [6, 6.07) is 0. The van der Waals surface area contributed by atoms with E-state index in [1.165, 1.54) is 51.4 Å². The van der Waals surface area contributed by atoms with Crippen molar-refractivity contribution in [2.24, 2.45) is 23.7 Å². The van der Waals surface area contributed by atoms with Crippen molar-refractivity contribution >= 4 is 0 Å². The summed E-state index contributed by atoms with van der Waals surface area (Å²) in [7, 11) is 0. The Morgan fingerprint density at radius 2 is 1.62 bits per heavy atom. The van der Waals surface area contributed by atoms with Crippen LogP contribution in [-0.2, 0) is 0 Å². The van der Waals surface area contributed by atoms with Crippen LogP contribution in [0.5, 0.6) is 0 Å². The summed E-state index contributed by atoms with van der Waals surface area (Å²) in [6.45, 7) is 9.52. The summed E-state index contributed by atoms with van der Waals surface area (Å²) in [4.78, 5) is 0. The fourth-order valence-electron chi connectivity index (χ4n) is 3.09. The molecular formula is C16H32. The van der Waals surface area contributed by atoms with Crippen LogP contribution in [0.4, 0.5) is 0 Å². The van der Waals surface area contributed by atoms with Crippen molar-refractivity contribution in [2.45, 2.75) is 79.1 Å². The largest absolute Gasteiger partial charge is 0.0651 e. The summed E-state index contributed by atoms with van der Waals surface area (Å²) in [6.07, 6.45) is 11.8. The molecule has 0 aliphatic heterocycles. The van der Waals surface area contributed by atoms with Crippen molar-refractivity contribution in [3.8, 4) is 0 Å². The fraction of sp³-hybridized carbons (Fsp3) is 1.00. The Balaban J connectivity index is 2.21. The van der Waals surface area contributed by atoms with Crippen LogP contribution in [0.2, 0.25) is 0 Å². The molecule has 1 rings (SSSR count). The zero-order valence-corrected chi connectivity index (χ0v) is 12.0. The average molecular weight is 224 g/mol. The van der Waals surface area contributed by atoms with Crippen molar-refractivity contribution < 1.29 is 0 Å². The summed E-state index contributed by atoms with van der Waals surface area (Å²) in [5, 5.41) is 0. The van der Waals surface area contributed by atoms with Crippen molar-refractivity contribution in [3.05, 3.63) is 0 Å². The molecule has 1 saturated carbocycles. The predicted molar refractivity (Wildman–Crippen MR) is 73.6 cm³/mol. The topological polar surface area (TPSA) is 0 Å². The lowest BCUT2D eigenvalue weighted by Gasteiger charge is -2.29. The number of hydrogen-bond donors (Lipinski definition) is 0. The lowest BCUT2D eigenvalue weighted by Crippen LogP contribution is -2.16. The highest BCUT2D eigenvalue weighted by molar-refractivity contribution is 4.73. The molecule has 1 unspecified atom stereocenters. The normalized spacial score (nSPS) is 28.3. The van der Waals surface area contributed by atoms with Gasteiger partial charge in [0, 0.05) is 0 Å². The molecule has 0 aromatic heterocycles. The molecule has 0 spiro atoms. The molecule has 0 saturated heterocycles. The molecule has 96 valence electrons. The van der Waals surface area contributed by atoms with E-state index >= 15 is 0 Å². The molecule has 1 fully saturated rings. The zero-order chi connectivity index (χ0) is 12.0. The SMILES string of the molecule is CCC(CCC(C)C)CC1CCC(C)CC1. The Kier molecular flexibility index (Phi) is 6.46. The third-order valence-electron chi connectivity index (χ3n) is 4.53. The van der Waals surface area contributed by atoms with E-state index < -0.39 is 0 Å². The van der Waals surface area contributed by atoms with Crippen LogP contribution in [0.15, 0.2) is 0 Å². The van der Waals surface area contributed by atoms with Crippen LogP contribution in [-0.4, -0.2) is 0 Å². The van der Waals surface area contributed by atoms with Gasteiger partial charge in [-0.1, -0.05) is 72.6 Å². The van der Waals surface area contributed by atoms with Gasteiger partial charge in [-0.05, 0) is 30.1 Å². The van der Waals surface area contributed by atoms with Gasteiger partial charge in [-0.25, -0.2) is 0 Å². The van der Waals surface area contributed by atoms with E-state index in [2.05, 4.69) is 27.7 Å². The van der Waals surface area contributed by atoms with Gasteiger partial charge in [0.15, 0.2) is 0 Å². The van der Waals surface area contributed by atoms with Gasteiger partial charge in [-0.3, -0.25) is 0 Å². The minimum absolute atomic E-state index is 0.889. The Hall–Kier alpha value is 0. The van der Waals surface area contributed by atoms with Crippen LogP contribution < -0.4 is 0 Å². The maximum atomic E-state index is 2.42. The molecule has 0 bridgehead atoms. The number of hydrogen-bond acceptors (Lipinski definition) is 0. The molecule has 1 aliphatic carbocycles. The van der Waals surface area contributed by atoms with Crippen LogP contribution in [0.25, 0.3) is 0 Å². The van der Waals surface area contributed by atoms with Crippen molar-refractivity contribution in [1.29, 1.82) is 0 Å². The van der Waals surface area contributed by atoms with E-state index in [0.29, 0.717) is 0 Å². The molecule has 0 heterocycles. The van der Waals surface area contributed by atoms with Crippen LogP contribution >= 0.6 is 0 Å². The van der Waals surface area contributed by atoms with Crippen molar-refractivity contribution in [2.75, 3.05) is 0 Å². The molecule has 1 atom stereocenters. The molecule has 1 aliphatic rings. The van der Waals surface area contributed by atoms with Gasteiger partial charge in [0.05, 0.1) is 0 Å². The molecule has 0 nitrogen and oxygen atoms in total. The monoisotopic (exact) mass is 224 g/mol. The molecular weight excluding hydrogens is 192 g/mol. The lowest BCUT2D eigenvalue weighted by atomic mass is 9.77. The second kappa shape index (κ2) is 7.35. The summed E-state index contributed by atoms with van der Waals surface area (Å²) < 4.78 is 0. The first-order valence-electron chi connectivity index (χ1n) is 7.61. The predicted octanol–water partition coefficient (Wildman–Crippen LogP) is 5.67. The van der Waals surface area contributed by atoms with Gasteiger partial charge >= 0.3 is 0 Å². The lowest BCUT2D eigenvalue weighted by molar-refractivity contribution is 0.232. The standard InChI is InChI=1S/C16H32/c1-5-15(9-6-13(2)3)12-16-10-7-14(4)8-11-16/h13-16H,5-12H2,1-4H3. The second-order valence-corrected chi connectivity index (χ2v) is 6.61. The maximum Gasteiger partial charge on any atom is -0.0411 e. The van der Waals surface area contributed by atoms with Crippen LogP contribution in [0.1, 0.15) is 79.1 Å². The highest BCUT2D eigenvalue weighted by atomic mass is 14.3. The first-order valence-corrected chi connectivity index (χ1v) is 7.61. The quantitative estimate of drug-likeness (QED) is 0.545. The minimum atomic E-state index is 0.889. The summed E-state index contributed by atoms with van der Waals surface area (Å²) in [5.74, 6) is 3.97. The second-order valence-electron chi connectivity index (χ2n) is 6.61. The van der Waals surface area contributed by atoms with E-state index in [9.17, 15) is 0 Å². The minimum Gasteiger partial charge on any atom is -0.0651 e. The van der Waals surface area contributed by atoms with Gasteiger partial charge in [0.25, 0.3) is 0 Å². The van der Waals surface area contributed by atoms with E-state index in [1.54, 1.807) is 0 Å². The molecule has 0 amide bonds. The Morgan fingerprint density at radius 1 is 1.00 bits per heavy atom. The molecule has 0 aromatic carbocycles. The molecule has 16 heavy (non-hydrogen) atoms. The van der Waals surface area contributed by atoms with Gasteiger partial charge in [0.1, 0.15) is 0 Å². The highest BCUT2D eigenvalue weighted by Gasteiger charge is 2.21. The van der Waals surface area contributed by atoms with Gasteiger partial charge < -0.3 is 0 Å². The van der Waals surface area contributed by atoms with E-state index in [4.69, 9.17) is 0 Å². The van der Waals surface area contributed by atoms with Crippen LogP contribution in [0, 0.1) is 23.7 Å². The Bertz CT molecular complexity index is 163. The smallest absolute Gasteiger partial charge is 0.0411 e. The first-order chi connectivity index (χ1) is 7.61. The zero-order valence-electron chi connectivity index (χ0n) is 12.0. The highest BCUT2D eigenvalue weighted by Crippen LogP contribution is 2.34. The molecule has 0 radical (unpaired) electrons. The van der Waals surface area contributed by atoms with E-state index in [-0.39, 0.29) is 0 Å².